The number of benzene rings is 2. The van der Waals surface area contributed by atoms with Crippen molar-refractivity contribution >= 4 is 0 Å². The van der Waals surface area contributed by atoms with Gasteiger partial charge >= 0.3 is 6.43 Å². The summed E-state index contributed by atoms with van der Waals surface area (Å²) in [5, 5.41) is 18.5. The molecule has 0 saturated heterocycles. The van der Waals surface area contributed by atoms with Gasteiger partial charge in [-0.25, -0.2) is 9.07 Å². The molecule has 0 saturated carbocycles. The quantitative estimate of drug-likeness (QED) is 0.523. The zero-order chi connectivity index (χ0) is 21.4. The summed E-state index contributed by atoms with van der Waals surface area (Å²) in [5.41, 5.74) is 4.83. The highest BCUT2D eigenvalue weighted by Crippen LogP contribution is 2.26. The fourth-order valence-corrected chi connectivity index (χ4v) is 3.57. The van der Waals surface area contributed by atoms with Gasteiger partial charge in [-0.05, 0) is 42.3 Å². The van der Waals surface area contributed by atoms with Crippen molar-refractivity contribution in [2.24, 2.45) is 0 Å². The Labute approximate surface area is 174 Å². The predicted molar refractivity (Wildman–Crippen MR) is 105 cm³/mol. The lowest BCUT2D eigenvalue weighted by molar-refractivity contribution is 0.116. The monoisotopic (exact) mass is 426 g/mol. The summed E-state index contributed by atoms with van der Waals surface area (Å²) in [5.74, 6) is -1.50. The first-order valence-corrected chi connectivity index (χ1v) is 9.70. The van der Waals surface area contributed by atoms with Gasteiger partial charge in [0.2, 0.25) is 5.89 Å². The second-order valence-electron chi connectivity index (χ2n) is 7.26. The minimum atomic E-state index is -2.88. The van der Waals surface area contributed by atoms with E-state index >= 15 is 0 Å². The Balaban J connectivity index is 1.34. The van der Waals surface area contributed by atoms with Crippen molar-refractivity contribution in [3.05, 3.63) is 71.0 Å². The Bertz CT molecular complexity index is 1240. The SMILES string of the molecule is Fc1cc(-c2nnc(C(F)F)o2)ccc1Cn1cc(-c2ccc3c(c2)CNCC3)nn1. The van der Waals surface area contributed by atoms with Crippen LogP contribution in [0.25, 0.3) is 22.7 Å². The Morgan fingerprint density at radius 2 is 1.90 bits per heavy atom. The van der Waals surface area contributed by atoms with Crippen LogP contribution in [0.1, 0.15) is 29.0 Å². The number of aromatic nitrogens is 5. The molecule has 0 aliphatic carbocycles. The molecule has 7 nitrogen and oxygen atoms in total. The summed E-state index contributed by atoms with van der Waals surface area (Å²) in [7, 11) is 0. The minimum absolute atomic E-state index is 0.161. The molecule has 3 heterocycles. The number of rotatable bonds is 5. The highest BCUT2D eigenvalue weighted by molar-refractivity contribution is 5.60. The van der Waals surface area contributed by atoms with E-state index < -0.39 is 18.1 Å². The van der Waals surface area contributed by atoms with Gasteiger partial charge in [-0.1, -0.05) is 23.4 Å². The number of hydrogen-bond acceptors (Lipinski definition) is 6. The Morgan fingerprint density at radius 3 is 2.71 bits per heavy atom. The molecule has 0 radical (unpaired) electrons. The largest absolute Gasteiger partial charge is 0.415 e. The van der Waals surface area contributed by atoms with Gasteiger partial charge in [-0.15, -0.1) is 15.3 Å². The van der Waals surface area contributed by atoms with Crippen LogP contribution in [0.5, 0.6) is 0 Å². The van der Waals surface area contributed by atoms with Crippen LogP contribution < -0.4 is 5.32 Å². The first-order chi connectivity index (χ1) is 15.1. The second kappa shape index (κ2) is 7.95. The average Bonchev–Trinajstić information content (AvgIpc) is 3.45. The maximum atomic E-state index is 14.6. The van der Waals surface area contributed by atoms with Crippen molar-refractivity contribution in [3.63, 3.8) is 0 Å². The molecule has 31 heavy (non-hydrogen) atoms. The zero-order valence-electron chi connectivity index (χ0n) is 16.2. The van der Waals surface area contributed by atoms with Crippen molar-refractivity contribution in [3.8, 4) is 22.7 Å². The van der Waals surface area contributed by atoms with Crippen molar-refractivity contribution in [2.75, 3.05) is 6.54 Å². The number of nitrogens with zero attached hydrogens (tertiary/aromatic N) is 5. The van der Waals surface area contributed by atoms with E-state index in [1.165, 1.54) is 29.3 Å². The molecule has 1 aliphatic rings. The molecule has 4 aromatic rings. The van der Waals surface area contributed by atoms with Gasteiger partial charge in [-0.3, -0.25) is 0 Å². The predicted octanol–water partition coefficient (Wildman–Crippen LogP) is 3.77. The lowest BCUT2D eigenvalue weighted by Gasteiger charge is -2.17. The molecule has 1 aliphatic heterocycles. The summed E-state index contributed by atoms with van der Waals surface area (Å²) in [6, 6.07) is 10.5. The molecule has 0 fully saturated rings. The van der Waals surface area contributed by atoms with Gasteiger partial charge in [0.15, 0.2) is 0 Å². The number of alkyl halides is 2. The molecule has 1 N–H and O–H groups in total. The molecule has 0 spiro atoms. The third kappa shape index (κ3) is 3.93. The van der Waals surface area contributed by atoms with Crippen molar-refractivity contribution < 1.29 is 17.6 Å². The standard InChI is InChI=1S/C21H17F3N6O/c22-17-8-14(20-27-28-21(31-20)19(23)24)3-4-15(17)10-30-11-18(26-29-30)13-2-1-12-5-6-25-9-16(12)7-13/h1-4,7-8,11,19,25H,5-6,9-10H2. The Hall–Kier alpha value is -3.53. The van der Waals surface area contributed by atoms with E-state index in [9.17, 15) is 13.2 Å². The van der Waals surface area contributed by atoms with Crippen molar-refractivity contribution in [1.82, 2.24) is 30.5 Å². The summed E-state index contributed by atoms with van der Waals surface area (Å²) in [4.78, 5) is 0. The van der Waals surface area contributed by atoms with Crippen molar-refractivity contribution in [2.45, 2.75) is 25.9 Å². The van der Waals surface area contributed by atoms with Crippen molar-refractivity contribution in [1.29, 1.82) is 0 Å². The van der Waals surface area contributed by atoms with E-state index in [1.54, 1.807) is 10.9 Å². The second-order valence-corrected chi connectivity index (χ2v) is 7.26. The van der Waals surface area contributed by atoms with Crippen LogP contribution in [0.3, 0.4) is 0 Å². The summed E-state index contributed by atoms with van der Waals surface area (Å²) in [6.45, 7) is 1.97. The normalized spacial score (nSPS) is 13.5. The third-order valence-corrected chi connectivity index (χ3v) is 5.19. The molecule has 158 valence electrons. The molecule has 2 aromatic carbocycles. The third-order valence-electron chi connectivity index (χ3n) is 5.19. The Morgan fingerprint density at radius 1 is 1.03 bits per heavy atom. The highest BCUT2D eigenvalue weighted by Gasteiger charge is 2.18. The van der Waals surface area contributed by atoms with Gasteiger partial charge in [0.1, 0.15) is 11.5 Å². The van der Waals surface area contributed by atoms with Gasteiger partial charge in [0, 0.05) is 23.2 Å². The molecule has 5 rings (SSSR count). The van der Waals surface area contributed by atoms with Crippen LogP contribution in [-0.2, 0) is 19.5 Å². The number of hydrogen-bond donors (Lipinski definition) is 1. The number of halogens is 3. The van der Waals surface area contributed by atoms with Crippen LogP contribution >= 0.6 is 0 Å². The topological polar surface area (TPSA) is 81.7 Å². The number of nitrogens with one attached hydrogen (secondary N) is 1. The van der Waals surface area contributed by atoms with Gasteiger partial charge in [-0.2, -0.15) is 8.78 Å². The van der Waals surface area contributed by atoms with E-state index in [0.717, 1.165) is 25.1 Å². The minimum Gasteiger partial charge on any atom is -0.415 e. The van der Waals surface area contributed by atoms with Gasteiger partial charge in [0.25, 0.3) is 5.89 Å². The summed E-state index contributed by atoms with van der Waals surface area (Å²) < 4.78 is 46.2. The van der Waals surface area contributed by atoms with Crippen LogP contribution in [-0.4, -0.2) is 31.7 Å². The first-order valence-electron chi connectivity index (χ1n) is 9.70. The molecule has 10 heteroatoms. The molecular formula is C21H17F3N6O. The van der Waals surface area contributed by atoms with Crippen LogP contribution in [0.2, 0.25) is 0 Å². The maximum absolute atomic E-state index is 14.6. The molecule has 0 amide bonds. The zero-order valence-corrected chi connectivity index (χ0v) is 16.2. The average molecular weight is 426 g/mol. The van der Waals surface area contributed by atoms with Crippen LogP contribution in [0, 0.1) is 5.82 Å². The summed E-state index contributed by atoms with van der Waals surface area (Å²) in [6.07, 6.45) is -0.110. The number of fused-ring (bicyclic) bond motifs is 1. The van der Waals surface area contributed by atoms with Crippen LogP contribution in [0.15, 0.2) is 47.0 Å². The van der Waals surface area contributed by atoms with E-state index in [-0.39, 0.29) is 18.0 Å². The lowest BCUT2D eigenvalue weighted by Crippen LogP contribution is -2.23. The Kier molecular flexibility index (Phi) is 4.99. The van der Waals surface area contributed by atoms with Gasteiger partial charge in [0.05, 0.1) is 12.7 Å². The molecule has 0 unspecified atom stereocenters. The highest BCUT2D eigenvalue weighted by atomic mass is 19.3. The van der Waals surface area contributed by atoms with E-state index in [1.807, 2.05) is 6.07 Å². The fourth-order valence-electron chi connectivity index (χ4n) is 3.57. The van der Waals surface area contributed by atoms with E-state index in [0.29, 0.717) is 11.3 Å². The molecule has 2 aromatic heterocycles. The summed E-state index contributed by atoms with van der Waals surface area (Å²) >= 11 is 0. The fraction of sp³-hybridized carbons (Fsp3) is 0.238. The maximum Gasteiger partial charge on any atom is 0.314 e. The van der Waals surface area contributed by atoms with Gasteiger partial charge < -0.3 is 9.73 Å². The molecule has 0 bridgehead atoms. The first kappa shape index (κ1) is 19.4. The molecular weight excluding hydrogens is 409 g/mol. The molecule has 0 atom stereocenters. The smallest absolute Gasteiger partial charge is 0.314 e. The van der Waals surface area contributed by atoms with Crippen LogP contribution in [0.4, 0.5) is 13.2 Å². The van der Waals surface area contributed by atoms with E-state index in [4.69, 9.17) is 4.42 Å². The lowest BCUT2D eigenvalue weighted by atomic mass is 9.98. The van der Waals surface area contributed by atoms with E-state index in [2.05, 4.69) is 38.0 Å².